The van der Waals surface area contributed by atoms with Gasteiger partial charge in [-0.05, 0) is 69.6 Å². The first-order valence-electron chi connectivity index (χ1n) is 8.57. The molecule has 0 aliphatic carbocycles. The Balaban J connectivity index is 1.62. The molecule has 0 unspecified atom stereocenters. The normalized spacial score (nSPS) is 11.3. The maximum absolute atomic E-state index is 3.58. The molecule has 0 saturated heterocycles. The summed E-state index contributed by atoms with van der Waals surface area (Å²) in [6, 6.07) is 33.4. The van der Waals surface area contributed by atoms with Gasteiger partial charge in [0.15, 0.2) is 0 Å². The Morgan fingerprint density at radius 2 is 1.46 bits per heavy atom. The van der Waals surface area contributed by atoms with Crippen molar-refractivity contribution >= 4 is 44.4 Å². The number of rotatable bonds is 2. The van der Waals surface area contributed by atoms with Crippen LogP contribution in [0.4, 0.5) is 0 Å². The molecule has 0 aliphatic heterocycles. The minimum Gasteiger partial charge on any atom is -0.354 e. The second-order valence-electron chi connectivity index (χ2n) is 6.40. The number of aromatic amines is 1. The molecule has 0 fully saturated rings. The molecule has 0 saturated carbocycles. The van der Waals surface area contributed by atoms with Crippen LogP contribution in [0.2, 0.25) is 0 Å². The first-order valence-corrected chi connectivity index (χ1v) is 9.65. The molecular formula is C24H15IN. The van der Waals surface area contributed by atoms with E-state index in [0.29, 0.717) is 0 Å². The predicted molar refractivity (Wildman–Crippen MR) is 118 cm³/mol. The highest BCUT2D eigenvalue weighted by Crippen LogP contribution is 2.33. The smallest absolute Gasteiger partial charge is 0.0544 e. The van der Waals surface area contributed by atoms with E-state index in [9.17, 15) is 0 Å². The summed E-state index contributed by atoms with van der Waals surface area (Å²) in [5.74, 6) is 0. The summed E-state index contributed by atoms with van der Waals surface area (Å²) < 4.78 is 1.24. The molecule has 0 aliphatic rings. The highest BCUT2D eigenvalue weighted by Gasteiger charge is 2.09. The maximum atomic E-state index is 3.58. The van der Waals surface area contributed by atoms with Crippen molar-refractivity contribution in [1.29, 1.82) is 0 Å². The zero-order chi connectivity index (χ0) is 17.5. The lowest BCUT2D eigenvalue weighted by atomic mass is 9.99. The average molecular weight is 444 g/mol. The van der Waals surface area contributed by atoms with E-state index in [2.05, 4.69) is 119 Å². The molecule has 5 aromatic rings. The summed E-state index contributed by atoms with van der Waals surface area (Å²) in [7, 11) is 0. The van der Waals surface area contributed by atoms with Crippen molar-refractivity contribution in [1.82, 2.24) is 4.98 Å². The van der Waals surface area contributed by atoms with Gasteiger partial charge in [0.05, 0.1) is 5.52 Å². The summed E-state index contributed by atoms with van der Waals surface area (Å²) in [6.07, 6.45) is 0. The van der Waals surface area contributed by atoms with Crippen LogP contribution in [0.3, 0.4) is 0 Å². The fourth-order valence-corrected chi connectivity index (χ4v) is 3.87. The molecule has 0 spiro atoms. The van der Waals surface area contributed by atoms with E-state index in [1.807, 2.05) is 0 Å². The second kappa shape index (κ2) is 6.29. The monoisotopic (exact) mass is 444 g/mol. The van der Waals surface area contributed by atoms with Crippen LogP contribution in [-0.2, 0) is 0 Å². The van der Waals surface area contributed by atoms with E-state index in [1.54, 1.807) is 0 Å². The Kier molecular flexibility index (Phi) is 3.79. The number of fused-ring (bicyclic) bond motifs is 3. The van der Waals surface area contributed by atoms with Crippen LogP contribution in [0.1, 0.15) is 0 Å². The molecular weight excluding hydrogens is 429 g/mol. The Labute approximate surface area is 165 Å². The molecule has 0 bridgehead atoms. The minimum atomic E-state index is 1.12. The van der Waals surface area contributed by atoms with E-state index in [0.717, 1.165) is 5.56 Å². The number of benzene rings is 4. The molecule has 1 aromatic heterocycles. The van der Waals surface area contributed by atoms with Crippen molar-refractivity contribution in [3.05, 3.63) is 94.6 Å². The molecule has 1 radical (unpaired) electrons. The lowest BCUT2D eigenvalue weighted by molar-refractivity contribution is 1.53. The fraction of sp³-hybridized carbons (Fsp3) is 0. The van der Waals surface area contributed by atoms with Gasteiger partial charge in [-0.15, -0.1) is 0 Å². The summed E-state index contributed by atoms with van der Waals surface area (Å²) in [4.78, 5) is 3.58. The standard InChI is InChI=1S/C24H15IN/c25-19-14-12-17(13-15-19)16-8-10-18(11-9-16)20-5-3-6-22-21-4-1-2-7-23(21)26-24(20)22/h1-8,10-15,26H. The number of aromatic nitrogens is 1. The van der Waals surface area contributed by atoms with Crippen LogP contribution in [0.5, 0.6) is 0 Å². The van der Waals surface area contributed by atoms with Crippen LogP contribution in [0.25, 0.3) is 44.1 Å². The van der Waals surface area contributed by atoms with Crippen LogP contribution < -0.4 is 0 Å². The Morgan fingerprint density at radius 3 is 2.27 bits per heavy atom. The Hall–Kier alpha value is -2.59. The zero-order valence-corrected chi connectivity index (χ0v) is 16.1. The SMILES string of the molecule is Ic1ccc(-c2[c]cc(-c3cccc4c3[nH]c3ccccc34)cc2)cc1. The topological polar surface area (TPSA) is 15.8 Å². The molecule has 4 aromatic carbocycles. The van der Waals surface area contributed by atoms with Crippen LogP contribution in [-0.4, -0.2) is 4.98 Å². The van der Waals surface area contributed by atoms with E-state index in [-0.39, 0.29) is 0 Å². The lowest BCUT2D eigenvalue weighted by Gasteiger charge is -2.06. The summed E-state index contributed by atoms with van der Waals surface area (Å²) in [6.45, 7) is 0. The van der Waals surface area contributed by atoms with Crippen molar-refractivity contribution in [3.63, 3.8) is 0 Å². The molecule has 2 heteroatoms. The third-order valence-electron chi connectivity index (χ3n) is 4.82. The Bertz CT molecular complexity index is 1220. The van der Waals surface area contributed by atoms with Crippen LogP contribution in [0, 0.1) is 9.64 Å². The number of nitrogens with one attached hydrogen (secondary N) is 1. The molecule has 123 valence electrons. The van der Waals surface area contributed by atoms with E-state index in [1.165, 1.54) is 42.1 Å². The molecule has 0 amide bonds. The number of H-pyrrole nitrogens is 1. The van der Waals surface area contributed by atoms with E-state index < -0.39 is 0 Å². The number of hydrogen-bond donors (Lipinski definition) is 1. The molecule has 1 heterocycles. The largest absolute Gasteiger partial charge is 0.354 e. The van der Waals surface area contributed by atoms with Crippen LogP contribution >= 0.6 is 22.6 Å². The van der Waals surface area contributed by atoms with Gasteiger partial charge in [-0.25, -0.2) is 0 Å². The summed E-state index contributed by atoms with van der Waals surface area (Å²) in [5.41, 5.74) is 7.06. The molecule has 26 heavy (non-hydrogen) atoms. The van der Waals surface area contributed by atoms with E-state index >= 15 is 0 Å². The lowest BCUT2D eigenvalue weighted by Crippen LogP contribution is -1.83. The fourth-order valence-electron chi connectivity index (χ4n) is 3.52. The first kappa shape index (κ1) is 15.6. The van der Waals surface area contributed by atoms with Gasteiger partial charge in [0.2, 0.25) is 0 Å². The van der Waals surface area contributed by atoms with Gasteiger partial charge in [-0.3, -0.25) is 0 Å². The van der Waals surface area contributed by atoms with Gasteiger partial charge in [-0.1, -0.05) is 60.7 Å². The van der Waals surface area contributed by atoms with Crippen molar-refractivity contribution in [3.8, 4) is 22.3 Å². The highest BCUT2D eigenvalue weighted by atomic mass is 127. The summed E-state index contributed by atoms with van der Waals surface area (Å²) >= 11 is 2.33. The third kappa shape index (κ3) is 2.61. The van der Waals surface area contributed by atoms with Crippen molar-refractivity contribution in [2.24, 2.45) is 0 Å². The second-order valence-corrected chi connectivity index (χ2v) is 7.64. The first-order chi connectivity index (χ1) is 12.8. The number of hydrogen-bond acceptors (Lipinski definition) is 0. The predicted octanol–water partition coefficient (Wildman–Crippen LogP) is 7.06. The quantitative estimate of drug-likeness (QED) is 0.281. The van der Waals surface area contributed by atoms with Gasteiger partial charge in [0, 0.05) is 25.4 Å². The van der Waals surface area contributed by atoms with Crippen molar-refractivity contribution < 1.29 is 0 Å². The van der Waals surface area contributed by atoms with Gasteiger partial charge in [0.1, 0.15) is 0 Å². The Morgan fingerprint density at radius 1 is 0.692 bits per heavy atom. The molecule has 0 atom stereocenters. The average Bonchev–Trinajstić information content (AvgIpc) is 3.08. The van der Waals surface area contributed by atoms with Crippen LogP contribution in [0.15, 0.2) is 84.9 Å². The van der Waals surface area contributed by atoms with Gasteiger partial charge in [-0.2, -0.15) is 0 Å². The number of halogens is 1. The van der Waals surface area contributed by atoms with Crippen molar-refractivity contribution in [2.75, 3.05) is 0 Å². The minimum absolute atomic E-state index is 1.12. The van der Waals surface area contributed by atoms with Gasteiger partial charge < -0.3 is 4.98 Å². The zero-order valence-electron chi connectivity index (χ0n) is 14.0. The third-order valence-corrected chi connectivity index (χ3v) is 5.54. The molecule has 1 N–H and O–H groups in total. The van der Waals surface area contributed by atoms with E-state index in [4.69, 9.17) is 0 Å². The van der Waals surface area contributed by atoms with Gasteiger partial charge >= 0.3 is 0 Å². The van der Waals surface area contributed by atoms with Crippen molar-refractivity contribution in [2.45, 2.75) is 0 Å². The maximum Gasteiger partial charge on any atom is 0.0544 e. The highest BCUT2D eigenvalue weighted by molar-refractivity contribution is 14.1. The molecule has 5 rings (SSSR count). The summed E-state index contributed by atoms with van der Waals surface area (Å²) in [5, 5.41) is 2.53. The van der Waals surface area contributed by atoms with Gasteiger partial charge in [0.25, 0.3) is 0 Å². The molecule has 1 nitrogen and oxygen atoms in total. The number of para-hydroxylation sites is 2.